The Hall–Kier alpha value is -1.10. The molecule has 3 atom stereocenters. The molecule has 3 rings (SSSR count). The monoisotopic (exact) mass is 304 g/mol. The van der Waals surface area contributed by atoms with E-state index in [1.165, 1.54) is 5.56 Å². The molecule has 122 valence electrons. The molecule has 1 aromatic carbocycles. The predicted octanol–water partition coefficient (Wildman–Crippen LogP) is 2.43. The summed E-state index contributed by atoms with van der Waals surface area (Å²) in [5.74, 6) is 0.945. The van der Waals surface area contributed by atoms with E-state index in [1.54, 1.807) is 0 Å². The second kappa shape index (κ2) is 7.44. The molecule has 3 unspecified atom stereocenters. The highest BCUT2D eigenvalue weighted by atomic mass is 16.5. The first-order chi connectivity index (χ1) is 10.7. The maximum absolute atomic E-state index is 5.82. The van der Waals surface area contributed by atoms with E-state index in [9.17, 15) is 0 Å². The van der Waals surface area contributed by atoms with E-state index >= 15 is 0 Å². The van der Waals surface area contributed by atoms with Crippen LogP contribution in [0.5, 0.6) is 5.75 Å². The predicted molar refractivity (Wildman–Crippen MR) is 88.2 cm³/mol. The van der Waals surface area contributed by atoms with Crippen LogP contribution in [0.1, 0.15) is 32.3 Å². The van der Waals surface area contributed by atoms with Crippen LogP contribution in [0.15, 0.2) is 24.3 Å². The molecular formula is C18H28N2O2. The van der Waals surface area contributed by atoms with Gasteiger partial charge in [-0.25, -0.2) is 0 Å². The topological polar surface area (TPSA) is 33.7 Å². The van der Waals surface area contributed by atoms with Crippen LogP contribution >= 0.6 is 0 Å². The van der Waals surface area contributed by atoms with Crippen LogP contribution < -0.4 is 10.1 Å². The van der Waals surface area contributed by atoms with Gasteiger partial charge in [0.15, 0.2) is 0 Å². The maximum Gasteiger partial charge on any atom is 0.119 e. The van der Waals surface area contributed by atoms with Gasteiger partial charge in [0.1, 0.15) is 12.4 Å². The van der Waals surface area contributed by atoms with Gasteiger partial charge in [0.25, 0.3) is 0 Å². The number of rotatable bonds is 5. The normalized spacial score (nSPS) is 29.6. The second-order valence-electron chi connectivity index (χ2n) is 6.68. The van der Waals surface area contributed by atoms with Gasteiger partial charge in [0, 0.05) is 38.3 Å². The lowest BCUT2D eigenvalue weighted by Crippen LogP contribution is -2.53. The number of nitrogens with one attached hydrogen (secondary N) is 1. The first kappa shape index (κ1) is 15.8. The Balaban J connectivity index is 1.50. The summed E-state index contributed by atoms with van der Waals surface area (Å²) in [5, 5.41) is 3.53. The molecule has 0 amide bonds. The van der Waals surface area contributed by atoms with Crippen molar-refractivity contribution in [1.29, 1.82) is 0 Å². The number of nitrogens with zero attached hydrogens (tertiary/aromatic N) is 1. The van der Waals surface area contributed by atoms with Gasteiger partial charge in [-0.1, -0.05) is 12.1 Å². The third-order valence-corrected chi connectivity index (χ3v) is 4.66. The summed E-state index contributed by atoms with van der Waals surface area (Å²) in [6, 6.07) is 9.70. The van der Waals surface area contributed by atoms with E-state index in [1.807, 2.05) is 0 Å². The molecule has 4 nitrogen and oxygen atoms in total. The lowest BCUT2D eigenvalue weighted by atomic mass is 10.1. The van der Waals surface area contributed by atoms with Crippen molar-refractivity contribution >= 4 is 0 Å². The minimum absolute atomic E-state index is 0.280. The van der Waals surface area contributed by atoms with Crippen molar-refractivity contribution in [3.8, 4) is 5.75 Å². The Labute approximate surface area is 133 Å². The van der Waals surface area contributed by atoms with E-state index in [-0.39, 0.29) is 6.10 Å². The minimum atomic E-state index is 0.280. The van der Waals surface area contributed by atoms with Gasteiger partial charge < -0.3 is 14.8 Å². The van der Waals surface area contributed by atoms with Crippen LogP contribution in [-0.2, 0) is 11.3 Å². The molecule has 0 bridgehead atoms. The molecule has 2 fully saturated rings. The molecule has 4 heteroatoms. The summed E-state index contributed by atoms with van der Waals surface area (Å²) in [6.07, 6.45) is 2.56. The van der Waals surface area contributed by atoms with Crippen LogP contribution in [0.25, 0.3) is 0 Å². The smallest absolute Gasteiger partial charge is 0.119 e. The molecule has 2 aliphatic heterocycles. The van der Waals surface area contributed by atoms with Crippen LogP contribution in [0.3, 0.4) is 0 Å². The second-order valence-corrected chi connectivity index (χ2v) is 6.68. The van der Waals surface area contributed by atoms with E-state index in [0.717, 1.165) is 44.8 Å². The van der Waals surface area contributed by atoms with Gasteiger partial charge in [0.05, 0.1) is 6.10 Å². The Morgan fingerprint density at radius 3 is 2.82 bits per heavy atom. The minimum Gasteiger partial charge on any atom is -0.491 e. The molecule has 1 N–H and O–H groups in total. The quantitative estimate of drug-likeness (QED) is 0.906. The lowest BCUT2D eigenvalue weighted by Gasteiger charge is -2.37. The van der Waals surface area contributed by atoms with Crippen molar-refractivity contribution in [2.45, 2.75) is 51.4 Å². The fourth-order valence-corrected chi connectivity index (χ4v) is 3.21. The number of hydrogen-bond acceptors (Lipinski definition) is 4. The summed E-state index contributed by atoms with van der Waals surface area (Å²) < 4.78 is 11.4. The Morgan fingerprint density at radius 2 is 2.09 bits per heavy atom. The van der Waals surface area contributed by atoms with Crippen LogP contribution in [-0.4, -0.2) is 49.4 Å². The molecule has 2 saturated heterocycles. The van der Waals surface area contributed by atoms with Crippen LogP contribution in [0.4, 0.5) is 0 Å². The van der Waals surface area contributed by atoms with Gasteiger partial charge in [-0.3, -0.25) is 4.90 Å². The zero-order valence-electron chi connectivity index (χ0n) is 13.8. The van der Waals surface area contributed by atoms with Gasteiger partial charge in [-0.15, -0.1) is 0 Å². The highest BCUT2D eigenvalue weighted by molar-refractivity contribution is 5.27. The molecule has 2 heterocycles. The Morgan fingerprint density at radius 1 is 1.27 bits per heavy atom. The standard InChI is InChI=1S/C18H28N2O2/c1-14-11-20(15(2)10-19-14)12-16-5-7-17(8-6-16)22-13-18-4-3-9-21-18/h5-8,14-15,18-19H,3-4,9-13H2,1-2H3. The highest BCUT2D eigenvalue weighted by Gasteiger charge is 2.22. The molecule has 0 saturated carbocycles. The van der Waals surface area contributed by atoms with Crippen molar-refractivity contribution in [3.63, 3.8) is 0 Å². The summed E-state index contributed by atoms with van der Waals surface area (Å²) in [5.41, 5.74) is 1.35. The molecule has 1 aromatic rings. The number of piperazine rings is 1. The summed E-state index contributed by atoms with van der Waals surface area (Å²) in [4.78, 5) is 2.55. The fourth-order valence-electron chi connectivity index (χ4n) is 3.21. The van der Waals surface area contributed by atoms with E-state index in [2.05, 4.69) is 48.3 Å². The third kappa shape index (κ3) is 4.22. The molecule has 22 heavy (non-hydrogen) atoms. The third-order valence-electron chi connectivity index (χ3n) is 4.66. The Kier molecular flexibility index (Phi) is 5.34. The summed E-state index contributed by atoms with van der Waals surface area (Å²) in [6.45, 7) is 9.29. The summed E-state index contributed by atoms with van der Waals surface area (Å²) >= 11 is 0. The Bertz CT molecular complexity index is 457. The van der Waals surface area contributed by atoms with Crippen molar-refractivity contribution in [3.05, 3.63) is 29.8 Å². The maximum atomic E-state index is 5.82. The molecule has 0 spiro atoms. The van der Waals surface area contributed by atoms with Crippen LogP contribution in [0.2, 0.25) is 0 Å². The molecule has 0 aromatic heterocycles. The van der Waals surface area contributed by atoms with Crippen molar-refractivity contribution in [1.82, 2.24) is 10.2 Å². The van der Waals surface area contributed by atoms with Gasteiger partial charge in [-0.05, 0) is 44.4 Å². The lowest BCUT2D eigenvalue weighted by molar-refractivity contribution is 0.0679. The first-order valence-electron chi connectivity index (χ1n) is 8.51. The largest absolute Gasteiger partial charge is 0.491 e. The van der Waals surface area contributed by atoms with E-state index < -0.39 is 0 Å². The van der Waals surface area contributed by atoms with Crippen molar-refractivity contribution in [2.75, 3.05) is 26.3 Å². The molecular weight excluding hydrogens is 276 g/mol. The average Bonchev–Trinajstić information content (AvgIpc) is 3.04. The van der Waals surface area contributed by atoms with Gasteiger partial charge >= 0.3 is 0 Å². The fraction of sp³-hybridized carbons (Fsp3) is 0.667. The van der Waals surface area contributed by atoms with Gasteiger partial charge in [0.2, 0.25) is 0 Å². The van der Waals surface area contributed by atoms with Crippen molar-refractivity contribution in [2.24, 2.45) is 0 Å². The van der Waals surface area contributed by atoms with E-state index in [4.69, 9.17) is 9.47 Å². The molecule has 0 radical (unpaired) electrons. The molecule has 2 aliphatic rings. The zero-order valence-corrected chi connectivity index (χ0v) is 13.8. The zero-order chi connectivity index (χ0) is 15.4. The highest BCUT2D eigenvalue weighted by Crippen LogP contribution is 2.18. The summed E-state index contributed by atoms with van der Waals surface area (Å²) in [7, 11) is 0. The van der Waals surface area contributed by atoms with Gasteiger partial charge in [-0.2, -0.15) is 0 Å². The number of benzene rings is 1. The SMILES string of the molecule is CC1CN(Cc2ccc(OCC3CCCO3)cc2)C(C)CN1. The number of hydrogen-bond donors (Lipinski definition) is 1. The average molecular weight is 304 g/mol. The van der Waals surface area contributed by atoms with E-state index in [0.29, 0.717) is 18.7 Å². The molecule has 0 aliphatic carbocycles. The first-order valence-corrected chi connectivity index (χ1v) is 8.51. The van der Waals surface area contributed by atoms with Crippen LogP contribution in [0, 0.1) is 0 Å². The number of ether oxygens (including phenoxy) is 2. The van der Waals surface area contributed by atoms with Crippen molar-refractivity contribution < 1.29 is 9.47 Å².